The second-order valence-corrected chi connectivity index (χ2v) is 5.81. The van der Waals surface area contributed by atoms with Gasteiger partial charge in [0.05, 0.1) is 40.1 Å². The van der Waals surface area contributed by atoms with E-state index in [9.17, 15) is 4.79 Å². The predicted octanol–water partition coefficient (Wildman–Crippen LogP) is 0.740. The minimum atomic E-state index is -0.664. The van der Waals surface area contributed by atoms with Gasteiger partial charge in [-0.2, -0.15) is 0 Å². The van der Waals surface area contributed by atoms with Crippen LogP contribution in [0.2, 0.25) is 0 Å². The smallest absolute Gasteiger partial charge is 0.328 e. The van der Waals surface area contributed by atoms with E-state index >= 15 is 0 Å². The summed E-state index contributed by atoms with van der Waals surface area (Å²) in [6.07, 6.45) is 4.38. The molecule has 2 fully saturated rings. The number of ether oxygens (including phenoxy) is 4. The third-order valence-electron chi connectivity index (χ3n) is 4.00. The van der Waals surface area contributed by atoms with Crippen molar-refractivity contribution in [1.82, 2.24) is 5.32 Å². The lowest BCUT2D eigenvalue weighted by Crippen LogP contribution is -2.59. The number of hydrogen-bond acceptors (Lipinski definition) is 6. The summed E-state index contributed by atoms with van der Waals surface area (Å²) >= 11 is 0. The molecule has 1 N–H and O–H groups in total. The maximum absolute atomic E-state index is 12.3. The van der Waals surface area contributed by atoms with E-state index in [-0.39, 0.29) is 5.97 Å². The highest BCUT2D eigenvalue weighted by atomic mass is 16.5. The molecule has 0 amide bonds. The maximum atomic E-state index is 12.3. The molecule has 0 spiro atoms. The van der Waals surface area contributed by atoms with E-state index in [0.717, 1.165) is 25.7 Å². The topological polar surface area (TPSA) is 66.0 Å². The van der Waals surface area contributed by atoms with Crippen molar-refractivity contribution in [3.05, 3.63) is 0 Å². The first-order chi connectivity index (χ1) is 10.2. The molecule has 6 nitrogen and oxygen atoms in total. The number of carbonyl (C=O) groups is 1. The van der Waals surface area contributed by atoms with Crippen molar-refractivity contribution < 1.29 is 23.7 Å². The van der Waals surface area contributed by atoms with Crippen LogP contribution in [0.15, 0.2) is 0 Å². The fourth-order valence-electron chi connectivity index (χ4n) is 2.51. The van der Waals surface area contributed by atoms with E-state index in [2.05, 4.69) is 5.32 Å². The molecule has 2 aliphatic carbocycles. The van der Waals surface area contributed by atoms with Crippen LogP contribution in [-0.2, 0) is 23.7 Å². The van der Waals surface area contributed by atoms with Crippen LogP contribution >= 0.6 is 0 Å². The van der Waals surface area contributed by atoms with Crippen LogP contribution in [0.3, 0.4) is 0 Å². The first-order valence-electron chi connectivity index (χ1n) is 7.73. The summed E-state index contributed by atoms with van der Waals surface area (Å²) in [5.74, 6) is 0.136. The maximum Gasteiger partial charge on any atom is 0.328 e. The Labute approximate surface area is 126 Å². The first kappa shape index (κ1) is 16.7. The molecule has 6 heteroatoms. The van der Waals surface area contributed by atoms with Crippen molar-refractivity contribution in [3.63, 3.8) is 0 Å². The zero-order valence-electron chi connectivity index (χ0n) is 13.1. The third-order valence-corrected chi connectivity index (χ3v) is 4.00. The average molecular weight is 301 g/mol. The molecule has 2 aliphatic rings. The zero-order chi connectivity index (χ0) is 15.1. The Morgan fingerprint density at radius 2 is 1.71 bits per heavy atom. The Kier molecular flexibility index (Phi) is 6.41. The fourth-order valence-corrected chi connectivity index (χ4v) is 2.51. The van der Waals surface area contributed by atoms with E-state index in [1.807, 2.05) is 0 Å². The standard InChI is InChI=1S/C15H27NO5/c1-18-7-8-20-9-10-21-11-15(12-3-4-12,14(17)19-2)16-13-5-6-13/h12-13,16H,3-11H2,1-2H3. The molecule has 1 atom stereocenters. The van der Waals surface area contributed by atoms with Gasteiger partial charge in [0.2, 0.25) is 0 Å². The van der Waals surface area contributed by atoms with Crippen LogP contribution in [0.4, 0.5) is 0 Å². The van der Waals surface area contributed by atoms with Gasteiger partial charge in [-0.15, -0.1) is 0 Å². The van der Waals surface area contributed by atoms with Gasteiger partial charge in [-0.3, -0.25) is 5.32 Å². The summed E-state index contributed by atoms with van der Waals surface area (Å²) in [5, 5.41) is 3.47. The number of nitrogens with one attached hydrogen (secondary N) is 1. The lowest BCUT2D eigenvalue weighted by molar-refractivity contribution is -0.153. The molecule has 0 aromatic heterocycles. The van der Waals surface area contributed by atoms with E-state index in [0.29, 0.717) is 45.0 Å². The Hall–Kier alpha value is -0.690. The van der Waals surface area contributed by atoms with E-state index in [4.69, 9.17) is 18.9 Å². The third kappa shape index (κ3) is 4.92. The van der Waals surface area contributed by atoms with E-state index in [1.54, 1.807) is 7.11 Å². The van der Waals surface area contributed by atoms with Crippen LogP contribution in [0, 0.1) is 5.92 Å². The number of esters is 1. The molecule has 0 aromatic carbocycles. The Bertz CT molecular complexity index is 330. The molecule has 2 saturated carbocycles. The van der Waals surface area contributed by atoms with Crippen LogP contribution in [0.25, 0.3) is 0 Å². The van der Waals surface area contributed by atoms with Crippen LogP contribution in [0.1, 0.15) is 25.7 Å². The summed E-state index contributed by atoms with van der Waals surface area (Å²) in [6, 6.07) is 0.436. The molecule has 0 aliphatic heterocycles. The van der Waals surface area contributed by atoms with Crippen LogP contribution < -0.4 is 5.32 Å². The molecule has 122 valence electrons. The van der Waals surface area contributed by atoms with Gasteiger partial charge in [-0.25, -0.2) is 4.79 Å². The zero-order valence-corrected chi connectivity index (χ0v) is 13.1. The molecular formula is C15H27NO5. The number of methoxy groups -OCH3 is 2. The van der Waals surface area contributed by atoms with Crippen molar-refractivity contribution in [2.24, 2.45) is 5.92 Å². The number of carbonyl (C=O) groups excluding carboxylic acids is 1. The van der Waals surface area contributed by atoms with E-state index < -0.39 is 5.54 Å². The Morgan fingerprint density at radius 1 is 1.05 bits per heavy atom. The van der Waals surface area contributed by atoms with Gasteiger partial charge in [0.15, 0.2) is 0 Å². The average Bonchev–Trinajstić information content (AvgIpc) is 3.37. The summed E-state index contributed by atoms with van der Waals surface area (Å²) < 4.78 is 21.0. The number of hydrogen-bond donors (Lipinski definition) is 1. The summed E-state index contributed by atoms with van der Waals surface area (Å²) in [5.41, 5.74) is -0.664. The predicted molar refractivity (Wildman–Crippen MR) is 77.1 cm³/mol. The summed E-state index contributed by atoms with van der Waals surface area (Å²) in [4.78, 5) is 12.3. The van der Waals surface area contributed by atoms with Crippen molar-refractivity contribution in [3.8, 4) is 0 Å². The second kappa shape index (κ2) is 8.08. The Morgan fingerprint density at radius 3 is 2.29 bits per heavy atom. The molecule has 0 aromatic rings. The van der Waals surface area contributed by atoms with Crippen LogP contribution in [0.5, 0.6) is 0 Å². The molecule has 21 heavy (non-hydrogen) atoms. The van der Waals surface area contributed by atoms with Gasteiger partial charge in [-0.1, -0.05) is 0 Å². The van der Waals surface area contributed by atoms with Crippen molar-refractivity contribution in [2.75, 3.05) is 47.3 Å². The van der Waals surface area contributed by atoms with Gasteiger partial charge in [0.1, 0.15) is 5.54 Å². The highest BCUT2D eigenvalue weighted by Crippen LogP contribution is 2.42. The number of rotatable bonds is 12. The van der Waals surface area contributed by atoms with Gasteiger partial charge < -0.3 is 18.9 Å². The second-order valence-electron chi connectivity index (χ2n) is 5.81. The minimum absolute atomic E-state index is 0.197. The molecular weight excluding hydrogens is 274 g/mol. The van der Waals surface area contributed by atoms with Gasteiger partial charge in [0, 0.05) is 13.2 Å². The highest BCUT2D eigenvalue weighted by molar-refractivity contribution is 5.82. The van der Waals surface area contributed by atoms with Gasteiger partial charge in [-0.05, 0) is 31.6 Å². The van der Waals surface area contributed by atoms with Gasteiger partial charge in [0.25, 0.3) is 0 Å². The molecule has 1 unspecified atom stereocenters. The normalized spacial score (nSPS) is 21.0. The molecule has 0 bridgehead atoms. The van der Waals surface area contributed by atoms with E-state index in [1.165, 1.54) is 7.11 Å². The Balaban J connectivity index is 1.76. The lowest BCUT2D eigenvalue weighted by Gasteiger charge is -2.32. The SMILES string of the molecule is COCCOCCOCC(NC1CC1)(C(=O)OC)C1CC1. The van der Waals surface area contributed by atoms with Gasteiger partial charge >= 0.3 is 5.97 Å². The minimum Gasteiger partial charge on any atom is -0.468 e. The van der Waals surface area contributed by atoms with Crippen molar-refractivity contribution in [1.29, 1.82) is 0 Å². The highest BCUT2D eigenvalue weighted by Gasteiger charge is 2.54. The quantitative estimate of drug-likeness (QED) is 0.424. The monoisotopic (exact) mass is 301 g/mol. The van der Waals surface area contributed by atoms with Crippen molar-refractivity contribution >= 4 is 5.97 Å². The molecule has 0 radical (unpaired) electrons. The first-order valence-corrected chi connectivity index (χ1v) is 7.73. The fraction of sp³-hybridized carbons (Fsp3) is 0.933. The van der Waals surface area contributed by atoms with Crippen molar-refractivity contribution in [2.45, 2.75) is 37.3 Å². The summed E-state index contributed by atoms with van der Waals surface area (Å²) in [6.45, 7) is 2.48. The largest absolute Gasteiger partial charge is 0.468 e. The molecule has 2 rings (SSSR count). The molecule has 0 saturated heterocycles. The summed E-state index contributed by atoms with van der Waals surface area (Å²) in [7, 11) is 3.09. The lowest BCUT2D eigenvalue weighted by atomic mass is 9.94. The molecule has 0 heterocycles. The van der Waals surface area contributed by atoms with Crippen LogP contribution in [-0.4, -0.2) is 64.8 Å².